The number of carbonyl (C=O) groups excluding carboxylic acids is 1. The number of carbonyl (C=O) groups is 2. The highest BCUT2D eigenvalue weighted by Crippen LogP contribution is 2.10. The molecule has 1 aliphatic rings. The highest BCUT2D eigenvalue weighted by atomic mass is 16.5. The van der Waals surface area contributed by atoms with Crippen LogP contribution in [0.5, 0.6) is 0 Å². The highest BCUT2D eigenvalue weighted by Gasteiger charge is 2.27. The normalized spacial score (nSPS) is 21.3. The number of nitrogens with zero attached hydrogens (tertiary/aromatic N) is 1. The van der Waals surface area contributed by atoms with Gasteiger partial charge in [0.1, 0.15) is 6.04 Å². The van der Waals surface area contributed by atoms with Crippen LogP contribution in [0.25, 0.3) is 0 Å². The van der Waals surface area contributed by atoms with Gasteiger partial charge in [-0.2, -0.15) is 0 Å². The van der Waals surface area contributed by atoms with Crippen LogP contribution in [0.1, 0.15) is 33.6 Å². The Kier molecular flexibility index (Phi) is 6.08. The zero-order valence-corrected chi connectivity index (χ0v) is 11.9. The molecule has 2 N–H and O–H groups in total. The lowest BCUT2D eigenvalue weighted by molar-refractivity contribution is -0.139. The van der Waals surface area contributed by atoms with Crippen LogP contribution in [0.15, 0.2) is 0 Å². The van der Waals surface area contributed by atoms with Crippen molar-refractivity contribution in [1.29, 1.82) is 0 Å². The molecule has 1 fully saturated rings. The summed E-state index contributed by atoms with van der Waals surface area (Å²) in [5.74, 6) is -0.767. The predicted octanol–water partition coefficient (Wildman–Crippen LogP) is 1.31. The van der Waals surface area contributed by atoms with Crippen molar-refractivity contribution in [2.24, 2.45) is 5.92 Å². The summed E-state index contributed by atoms with van der Waals surface area (Å²) < 4.78 is 5.49. The summed E-state index contributed by atoms with van der Waals surface area (Å²) in [4.78, 5) is 24.8. The maximum Gasteiger partial charge on any atom is 0.326 e. The fourth-order valence-corrected chi connectivity index (χ4v) is 2.08. The van der Waals surface area contributed by atoms with Gasteiger partial charge in [-0.3, -0.25) is 0 Å². The Bertz CT molecular complexity index is 320. The van der Waals surface area contributed by atoms with Crippen LogP contribution >= 0.6 is 0 Å². The number of ether oxygens (including phenoxy) is 1. The second kappa shape index (κ2) is 7.33. The number of aliphatic carboxylic acids is 1. The molecule has 0 bridgehead atoms. The minimum absolute atomic E-state index is 0.0490. The van der Waals surface area contributed by atoms with Crippen LogP contribution in [0, 0.1) is 5.92 Å². The van der Waals surface area contributed by atoms with Crippen molar-refractivity contribution in [1.82, 2.24) is 10.2 Å². The van der Waals surface area contributed by atoms with E-state index < -0.39 is 12.0 Å². The number of carboxylic acids is 1. The van der Waals surface area contributed by atoms with E-state index in [1.54, 1.807) is 4.90 Å². The molecular formula is C13H24N2O4. The quantitative estimate of drug-likeness (QED) is 0.791. The van der Waals surface area contributed by atoms with Gasteiger partial charge in [0, 0.05) is 13.1 Å². The number of nitrogens with one attached hydrogen (secondary N) is 1. The average molecular weight is 272 g/mol. The third kappa shape index (κ3) is 5.06. The molecule has 0 aromatic carbocycles. The molecule has 1 unspecified atom stereocenters. The molecule has 19 heavy (non-hydrogen) atoms. The Morgan fingerprint density at radius 2 is 2.16 bits per heavy atom. The first-order valence-electron chi connectivity index (χ1n) is 6.83. The minimum Gasteiger partial charge on any atom is -0.480 e. The Balaban J connectivity index is 2.53. The van der Waals surface area contributed by atoms with Crippen molar-refractivity contribution in [3.63, 3.8) is 0 Å². The van der Waals surface area contributed by atoms with E-state index in [-0.39, 0.29) is 18.1 Å². The molecule has 6 nitrogen and oxygen atoms in total. The lowest BCUT2D eigenvalue weighted by atomic mass is 10.0. The summed E-state index contributed by atoms with van der Waals surface area (Å²) in [6, 6.07) is -1.13. The maximum absolute atomic E-state index is 12.1. The second-order valence-corrected chi connectivity index (χ2v) is 5.32. The molecule has 0 spiro atoms. The van der Waals surface area contributed by atoms with E-state index in [1.807, 2.05) is 20.8 Å². The van der Waals surface area contributed by atoms with E-state index in [0.717, 1.165) is 6.42 Å². The van der Waals surface area contributed by atoms with E-state index in [0.29, 0.717) is 26.1 Å². The topological polar surface area (TPSA) is 78.9 Å². The van der Waals surface area contributed by atoms with E-state index in [2.05, 4.69) is 5.32 Å². The van der Waals surface area contributed by atoms with Crippen molar-refractivity contribution in [3.05, 3.63) is 0 Å². The van der Waals surface area contributed by atoms with Crippen molar-refractivity contribution in [2.45, 2.75) is 45.8 Å². The van der Waals surface area contributed by atoms with Gasteiger partial charge in [-0.05, 0) is 18.8 Å². The minimum atomic E-state index is -0.984. The Morgan fingerprint density at radius 3 is 2.68 bits per heavy atom. The number of hydrogen-bond acceptors (Lipinski definition) is 3. The van der Waals surface area contributed by atoms with Gasteiger partial charge < -0.3 is 20.1 Å². The van der Waals surface area contributed by atoms with E-state index in [4.69, 9.17) is 9.84 Å². The van der Waals surface area contributed by atoms with Gasteiger partial charge in [0.25, 0.3) is 0 Å². The molecule has 0 aromatic heterocycles. The summed E-state index contributed by atoms with van der Waals surface area (Å²) in [6.07, 6.45) is 1.33. The summed E-state index contributed by atoms with van der Waals surface area (Å²) >= 11 is 0. The highest BCUT2D eigenvalue weighted by molar-refractivity contribution is 5.82. The third-order valence-corrected chi connectivity index (χ3v) is 3.18. The molecule has 0 aromatic rings. The first kappa shape index (κ1) is 15.8. The van der Waals surface area contributed by atoms with Gasteiger partial charge in [0.05, 0.1) is 12.7 Å². The summed E-state index contributed by atoms with van der Waals surface area (Å²) in [6.45, 7) is 7.42. The Labute approximate surface area is 114 Å². The lowest BCUT2D eigenvalue weighted by Crippen LogP contribution is -2.53. The molecule has 110 valence electrons. The van der Waals surface area contributed by atoms with Crippen LogP contribution in [0.2, 0.25) is 0 Å². The van der Waals surface area contributed by atoms with Gasteiger partial charge in [0.2, 0.25) is 0 Å². The van der Waals surface area contributed by atoms with Gasteiger partial charge in [-0.1, -0.05) is 20.8 Å². The fourth-order valence-electron chi connectivity index (χ4n) is 2.08. The molecule has 0 saturated carbocycles. The SMILES string of the molecule is CCC1CN(C(=O)N[C@@H](CC(C)C)C(=O)O)CCO1. The second-order valence-electron chi connectivity index (χ2n) is 5.32. The van der Waals surface area contributed by atoms with Crippen molar-refractivity contribution in [3.8, 4) is 0 Å². The number of carboxylic acid groups (broad SMARTS) is 1. The number of hydrogen-bond donors (Lipinski definition) is 2. The zero-order valence-electron chi connectivity index (χ0n) is 11.9. The molecule has 0 radical (unpaired) electrons. The van der Waals surface area contributed by atoms with Crippen LogP contribution < -0.4 is 5.32 Å². The maximum atomic E-state index is 12.1. The van der Waals surface area contributed by atoms with Crippen molar-refractivity contribution in [2.75, 3.05) is 19.7 Å². The Morgan fingerprint density at radius 1 is 1.47 bits per heavy atom. The molecule has 1 saturated heterocycles. The van der Waals surface area contributed by atoms with Crippen LogP contribution in [0.4, 0.5) is 4.79 Å². The number of amides is 2. The number of urea groups is 1. The molecule has 1 aliphatic heterocycles. The lowest BCUT2D eigenvalue weighted by Gasteiger charge is -2.33. The van der Waals surface area contributed by atoms with Crippen molar-refractivity contribution >= 4 is 12.0 Å². The molecule has 2 atom stereocenters. The Hall–Kier alpha value is -1.30. The monoisotopic (exact) mass is 272 g/mol. The molecular weight excluding hydrogens is 248 g/mol. The van der Waals surface area contributed by atoms with E-state index >= 15 is 0 Å². The number of rotatable bonds is 5. The summed E-state index contributed by atoms with van der Waals surface area (Å²) in [5.41, 5.74) is 0. The molecule has 1 rings (SSSR count). The summed E-state index contributed by atoms with van der Waals surface area (Å²) in [5, 5.41) is 11.7. The van der Waals surface area contributed by atoms with Gasteiger partial charge >= 0.3 is 12.0 Å². The molecule has 2 amide bonds. The average Bonchev–Trinajstić information content (AvgIpc) is 2.37. The molecule has 1 heterocycles. The molecule has 0 aliphatic carbocycles. The van der Waals surface area contributed by atoms with Gasteiger partial charge in [-0.25, -0.2) is 9.59 Å². The van der Waals surface area contributed by atoms with Gasteiger partial charge in [0.15, 0.2) is 0 Å². The smallest absolute Gasteiger partial charge is 0.326 e. The summed E-state index contributed by atoms with van der Waals surface area (Å²) in [7, 11) is 0. The van der Waals surface area contributed by atoms with Crippen LogP contribution in [-0.2, 0) is 9.53 Å². The first-order valence-corrected chi connectivity index (χ1v) is 6.83. The van der Waals surface area contributed by atoms with E-state index in [9.17, 15) is 9.59 Å². The van der Waals surface area contributed by atoms with Crippen LogP contribution in [-0.4, -0.2) is 53.8 Å². The first-order chi connectivity index (χ1) is 8.93. The standard InChI is InChI=1S/C13H24N2O4/c1-4-10-8-15(5-6-19-10)13(18)14-11(12(16)17)7-9(2)3/h9-11H,4-8H2,1-3H3,(H,14,18)(H,16,17)/t10?,11-/m0/s1. The fraction of sp³-hybridized carbons (Fsp3) is 0.846. The van der Waals surface area contributed by atoms with E-state index in [1.165, 1.54) is 0 Å². The third-order valence-electron chi connectivity index (χ3n) is 3.18. The number of morpholine rings is 1. The predicted molar refractivity (Wildman–Crippen MR) is 71.0 cm³/mol. The van der Waals surface area contributed by atoms with Crippen molar-refractivity contribution < 1.29 is 19.4 Å². The zero-order chi connectivity index (χ0) is 14.4. The largest absolute Gasteiger partial charge is 0.480 e. The van der Waals surface area contributed by atoms with Gasteiger partial charge in [-0.15, -0.1) is 0 Å². The van der Waals surface area contributed by atoms with Crippen LogP contribution in [0.3, 0.4) is 0 Å². The molecule has 6 heteroatoms.